The van der Waals surface area contributed by atoms with Crippen LogP contribution < -0.4 is 4.90 Å². The Balaban J connectivity index is 1.36. The van der Waals surface area contributed by atoms with E-state index in [0.29, 0.717) is 0 Å². The molecule has 0 fully saturated rings. The van der Waals surface area contributed by atoms with Crippen molar-refractivity contribution in [2.75, 3.05) is 4.90 Å². The molecule has 9 rings (SSSR count). The van der Waals surface area contributed by atoms with E-state index in [4.69, 9.17) is 4.42 Å². The van der Waals surface area contributed by atoms with Crippen molar-refractivity contribution in [1.82, 2.24) is 0 Å². The first-order valence-electron chi connectivity index (χ1n) is 15.7. The molecule has 0 bridgehead atoms. The summed E-state index contributed by atoms with van der Waals surface area (Å²) in [4.78, 5) is 2.42. The predicted molar refractivity (Wildman–Crippen MR) is 194 cm³/mol. The molecule has 2 nitrogen and oxygen atoms in total. The lowest BCUT2D eigenvalue weighted by Crippen LogP contribution is -2.11. The first-order valence-corrected chi connectivity index (χ1v) is 15.7. The molecule has 1 aromatic heterocycles. The van der Waals surface area contributed by atoms with E-state index in [1.54, 1.807) is 0 Å². The predicted octanol–water partition coefficient (Wildman–Crippen LogP) is 12.7. The summed E-state index contributed by atoms with van der Waals surface area (Å²) in [5.41, 5.74) is 9.87. The van der Waals surface area contributed by atoms with Crippen LogP contribution >= 0.6 is 0 Å². The van der Waals surface area contributed by atoms with Gasteiger partial charge in [0.15, 0.2) is 0 Å². The average molecular weight is 588 g/mol. The molecule has 0 saturated carbocycles. The Labute approximate surface area is 267 Å². The quantitative estimate of drug-likeness (QED) is 0.199. The summed E-state index contributed by atoms with van der Waals surface area (Å²) in [6.07, 6.45) is 0. The third-order valence-electron chi connectivity index (χ3n) is 9.05. The number of hydrogen-bond acceptors (Lipinski definition) is 2. The van der Waals surface area contributed by atoms with Gasteiger partial charge in [0.1, 0.15) is 11.2 Å². The number of benzene rings is 8. The highest BCUT2D eigenvalue weighted by atomic mass is 16.3. The fraction of sp³-hybridized carbons (Fsp3) is 0. The van der Waals surface area contributed by atoms with Gasteiger partial charge in [0.2, 0.25) is 0 Å². The van der Waals surface area contributed by atoms with E-state index >= 15 is 0 Å². The van der Waals surface area contributed by atoms with Gasteiger partial charge in [-0.2, -0.15) is 0 Å². The largest absolute Gasteiger partial charge is 0.455 e. The van der Waals surface area contributed by atoms with Crippen molar-refractivity contribution < 1.29 is 4.42 Å². The SMILES string of the molecule is c1ccc(-c2ccc(N(c3cccc4ccccc34)c3cc4c(oc5cccc(-c6ccccc6)c54)c4ccccc34)cc2)cc1. The van der Waals surface area contributed by atoms with Crippen molar-refractivity contribution in [3.05, 3.63) is 176 Å². The number of fused-ring (bicyclic) bond motifs is 6. The Bertz CT molecular complexity index is 2510. The lowest BCUT2D eigenvalue weighted by molar-refractivity contribution is 0.673. The third-order valence-corrected chi connectivity index (χ3v) is 9.05. The second-order valence-electron chi connectivity index (χ2n) is 11.7. The van der Waals surface area contributed by atoms with Crippen molar-refractivity contribution >= 4 is 60.5 Å². The maximum absolute atomic E-state index is 6.69. The van der Waals surface area contributed by atoms with Gasteiger partial charge in [-0.1, -0.05) is 146 Å². The molecule has 46 heavy (non-hydrogen) atoms. The zero-order valence-corrected chi connectivity index (χ0v) is 25.1. The molecule has 0 aliphatic rings. The Morgan fingerprint density at radius 2 is 1.00 bits per heavy atom. The molecule has 2 heteroatoms. The van der Waals surface area contributed by atoms with Crippen molar-refractivity contribution in [3.63, 3.8) is 0 Å². The Morgan fingerprint density at radius 1 is 0.391 bits per heavy atom. The summed E-state index contributed by atoms with van der Waals surface area (Å²) in [5, 5.41) is 6.87. The summed E-state index contributed by atoms with van der Waals surface area (Å²) in [5.74, 6) is 0. The van der Waals surface area contributed by atoms with Crippen LogP contribution in [-0.4, -0.2) is 0 Å². The molecule has 216 valence electrons. The Hall–Kier alpha value is -6.12. The Morgan fingerprint density at radius 3 is 1.78 bits per heavy atom. The summed E-state index contributed by atoms with van der Waals surface area (Å²) >= 11 is 0. The fourth-order valence-electron chi connectivity index (χ4n) is 6.92. The smallest absolute Gasteiger partial charge is 0.143 e. The summed E-state index contributed by atoms with van der Waals surface area (Å²) in [7, 11) is 0. The molecule has 0 saturated heterocycles. The molecule has 9 aromatic rings. The second kappa shape index (κ2) is 10.8. The van der Waals surface area contributed by atoms with E-state index in [2.05, 4.69) is 181 Å². The fourth-order valence-corrected chi connectivity index (χ4v) is 6.92. The minimum atomic E-state index is 0.891. The zero-order chi connectivity index (χ0) is 30.5. The Kier molecular flexibility index (Phi) is 6.17. The monoisotopic (exact) mass is 587 g/mol. The van der Waals surface area contributed by atoms with Gasteiger partial charge in [0, 0.05) is 32.6 Å². The first-order chi connectivity index (χ1) is 22.8. The number of rotatable bonds is 5. The van der Waals surface area contributed by atoms with Crippen LogP contribution in [0.15, 0.2) is 180 Å². The van der Waals surface area contributed by atoms with Gasteiger partial charge in [0.25, 0.3) is 0 Å². The standard InChI is InChI=1S/C44H29NO/c1-3-13-30(14-4-1)31-25-27-34(28-26-31)45(40-23-11-18-32-17-7-8-19-35(32)40)41-29-39-43-36(33-15-5-2-6-16-33)22-12-24-42(43)46-44(39)38-21-10-9-20-37(38)41/h1-29H. The maximum atomic E-state index is 6.69. The van der Waals surface area contributed by atoms with Gasteiger partial charge in [0.05, 0.1) is 11.4 Å². The highest BCUT2D eigenvalue weighted by Crippen LogP contribution is 2.47. The van der Waals surface area contributed by atoms with Crippen LogP contribution in [0.25, 0.3) is 65.7 Å². The average Bonchev–Trinajstić information content (AvgIpc) is 3.52. The van der Waals surface area contributed by atoms with Crippen LogP contribution in [0, 0.1) is 0 Å². The van der Waals surface area contributed by atoms with E-state index in [-0.39, 0.29) is 0 Å². The van der Waals surface area contributed by atoms with E-state index in [1.807, 2.05) is 0 Å². The van der Waals surface area contributed by atoms with Gasteiger partial charge in [-0.3, -0.25) is 0 Å². The molecule has 0 radical (unpaired) electrons. The van der Waals surface area contributed by atoms with Crippen LogP contribution in [0.2, 0.25) is 0 Å². The molecule has 8 aromatic carbocycles. The van der Waals surface area contributed by atoms with Gasteiger partial charge in [-0.25, -0.2) is 0 Å². The van der Waals surface area contributed by atoms with Crippen molar-refractivity contribution in [3.8, 4) is 22.3 Å². The topological polar surface area (TPSA) is 16.4 Å². The number of nitrogens with zero attached hydrogens (tertiary/aromatic N) is 1. The zero-order valence-electron chi connectivity index (χ0n) is 25.1. The van der Waals surface area contributed by atoms with Crippen LogP contribution in [0.3, 0.4) is 0 Å². The van der Waals surface area contributed by atoms with Gasteiger partial charge < -0.3 is 9.32 Å². The van der Waals surface area contributed by atoms with Crippen molar-refractivity contribution in [1.29, 1.82) is 0 Å². The maximum Gasteiger partial charge on any atom is 0.143 e. The van der Waals surface area contributed by atoms with Crippen LogP contribution in [0.4, 0.5) is 17.1 Å². The highest BCUT2D eigenvalue weighted by molar-refractivity contribution is 6.23. The van der Waals surface area contributed by atoms with Gasteiger partial charge in [-0.05, 0) is 58.0 Å². The minimum Gasteiger partial charge on any atom is -0.455 e. The summed E-state index contributed by atoms with van der Waals surface area (Å²) < 4.78 is 6.69. The number of hydrogen-bond donors (Lipinski definition) is 0. The molecular weight excluding hydrogens is 558 g/mol. The van der Waals surface area contributed by atoms with Crippen LogP contribution in [-0.2, 0) is 0 Å². The van der Waals surface area contributed by atoms with Gasteiger partial charge >= 0.3 is 0 Å². The molecular formula is C44H29NO. The highest BCUT2D eigenvalue weighted by Gasteiger charge is 2.22. The van der Waals surface area contributed by atoms with Crippen molar-refractivity contribution in [2.45, 2.75) is 0 Å². The van der Waals surface area contributed by atoms with E-state index in [1.165, 1.54) is 33.0 Å². The lowest BCUT2D eigenvalue weighted by atomic mass is 9.96. The van der Waals surface area contributed by atoms with E-state index in [0.717, 1.165) is 49.8 Å². The molecule has 0 unspecified atom stereocenters. The minimum absolute atomic E-state index is 0.891. The van der Waals surface area contributed by atoms with Crippen molar-refractivity contribution in [2.24, 2.45) is 0 Å². The summed E-state index contributed by atoms with van der Waals surface area (Å²) in [6, 6.07) is 62.6. The molecule has 0 N–H and O–H groups in total. The number of anilines is 3. The normalized spacial score (nSPS) is 11.5. The molecule has 1 heterocycles. The number of furan rings is 1. The molecule has 0 atom stereocenters. The third kappa shape index (κ3) is 4.27. The lowest BCUT2D eigenvalue weighted by Gasteiger charge is -2.28. The van der Waals surface area contributed by atoms with Crippen LogP contribution in [0.5, 0.6) is 0 Å². The molecule has 0 amide bonds. The van der Waals surface area contributed by atoms with Gasteiger partial charge in [-0.15, -0.1) is 0 Å². The molecule has 0 aliphatic carbocycles. The summed E-state index contributed by atoms with van der Waals surface area (Å²) in [6.45, 7) is 0. The second-order valence-corrected chi connectivity index (χ2v) is 11.7. The van der Waals surface area contributed by atoms with E-state index < -0.39 is 0 Å². The first kappa shape index (κ1) is 26.3. The molecule has 0 aliphatic heterocycles. The van der Waals surface area contributed by atoms with Crippen LogP contribution in [0.1, 0.15) is 0 Å². The van der Waals surface area contributed by atoms with E-state index in [9.17, 15) is 0 Å². The molecule has 0 spiro atoms.